The van der Waals surface area contributed by atoms with Gasteiger partial charge in [-0.25, -0.2) is 14.8 Å². The number of nitrogens with zero attached hydrogens (tertiary/aromatic N) is 2. The van der Waals surface area contributed by atoms with Crippen molar-refractivity contribution >= 4 is 35.4 Å². The Morgan fingerprint density at radius 2 is 2.04 bits per heavy atom. The largest absolute Gasteiger partial charge is 0.462 e. The molecule has 0 aliphatic rings. The van der Waals surface area contributed by atoms with E-state index in [9.17, 15) is 14.4 Å². The Bertz CT molecular complexity index is 626. The molecule has 1 aromatic rings. The van der Waals surface area contributed by atoms with Crippen LogP contribution in [0.2, 0.25) is 0 Å². The fourth-order valence-electron chi connectivity index (χ4n) is 1.54. The van der Waals surface area contributed by atoms with Crippen LogP contribution in [0.4, 0.5) is 5.82 Å². The predicted molar refractivity (Wildman–Crippen MR) is 92.0 cm³/mol. The lowest BCUT2D eigenvalue weighted by Gasteiger charge is -2.11. The molecular formula is C15H22N4O5S. The molecule has 1 rings (SSSR count). The zero-order chi connectivity index (χ0) is 18.8. The van der Waals surface area contributed by atoms with Crippen LogP contribution in [0.3, 0.4) is 0 Å². The number of carbonyl (C=O) groups is 3. The second-order valence-corrected chi connectivity index (χ2v) is 5.94. The van der Waals surface area contributed by atoms with Crippen LogP contribution >= 0.6 is 11.8 Å². The Balaban J connectivity index is 2.44. The van der Waals surface area contributed by atoms with Gasteiger partial charge in [-0.2, -0.15) is 0 Å². The molecule has 9 nitrogen and oxygen atoms in total. The maximum absolute atomic E-state index is 11.6. The minimum absolute atomic E-state index is 0.0230. The maximum atomic E-state index is 11.6. The lowest BCUT2D eigenvalue weighted by Crippen LogP contribution is -2.35. The summed E-state index contributed by atoms with van der Waals surface area (Å²) in [5.41, 5.74) is 5.75. The highest BCUT2D eigenvalue weighted by atomic mass is 32.2. The smallest absolute Gasteiger partial charge is 0.343 e. The van der Waals surface area contributed by atoms with Gasteiger partial charge in [0.05, 0.1) is 12.4 Å². The monoisotopic (exact) mass is 370 g/mol. The molecular weight excluding hydrogens is 348 g/mol. The van der Waals surface area contributed by atoms with E-state index >= 15 is 0 Å². The number of nitrogen functional groups attached to an aromatic ring is 1. The lowest BCUT2D eigenvalue weighted by molar-refractivity contribution is -0.146. The van der Waals surface area contributed by atoms with Gasteiger partial charge in [0.2, 0.25) is 0 Å². The topological polar surface area (TPSA) is 134 Å². The standard InChI is InChI=1S/C15H22N4O5S/c1-4-9(3)18-11(20)7-24-12(21)8-25-15-17-6-10(13(16)19-15)14(22)23-5-2/h6,9H,4-5,7-8H2,1-3H3,(H,18,20)(H2,16,17,19). The van der Waals surface area contributed by atoms with E-state index in [4.69, 9.17) is 15.2 Å². The number of carbonyl (C=O) groups excluding carboxylic acids is 3. The summed E-state index contributed by atoms with van der Waals surface area (Å²) in [6, 6.07) is 0.0230. The summed E-state index contributed by atoms with van der Waals surface area (Å²) in [5.74, 6) is -1.66. The number of esters is 2. The number of nitrogens with two attached hydrogens (primary N) is 1. The van der Waals surface area contributed by atoms with Gasteiger partial charge >= 0.3 is 11.9 Å². The van der Waals surface area contributed by atoms with E-state index in [1.807, 2.05) is 13.8 Å². The van der Waals surface area contributed by atoms with Gasteiger partial charge in [-0.15, -0.1) is 0 Å². The van der Waals surface area contributed by atoms with Crippen LogP contribution in [0, 0.1) is 0 Å². The van der Waals surface area contributed by atoms with Gasteiger partial charge < -0.3 is 20.5 Å². The van der Waals surface area contributed by atoms with Gasteiger partial charge in [0.1, 0.15) is 11.4 Å². The average molecular weight is 370 g/mol. The van der Waals surface area contributed by atoms with Gasteiger partial charge in [-0.1, -0.05) is 18.7 Å². The van der Waals surface area contributed by atoms with Gasteiger partial charge in [-0.3, -0.25) is 9.59 Å². The molecule has 0 saturated carbocycles. The Hall–Kier alpha value is -2.36. The van der Waals surface area contributed by atoms with Crippen molar-refractivity contribution in [2.45, 2.75) is 38.4 Å². The first-order valence-corrected chi connectivity index (χ1v) is 8.73. The fraction of sp³-hybridized carbons (Fsp3) is 0.533. The first kappa shape index (κ1) is 20.7. The number of hydrogen-bond acceptors (Lipinski definition) is 9. The van der Waals surface area contributed by atoms with Crippen molar-refractivity contribution in [2.75, 3.05) is 24.7 Å². The van der Waals surface area contributed by atoms with Gasteiger partial charge in [0, 0.05) is 12.2 Å². The van der Waals surface area contributed by atoms with E-state index in [2.05, 4.69) is 15.3 Å². The molecule has 10 heteroatoms. The number of aromatic nitrogens is 2. The quantitative estimate of drug-likeness (QED) is 0.367. The third kappa shape index (κ3) is 7.38. The minimum Gasteiger partial charge on any atom is -0.462 e. The van der Waals surface area contributed by atoms with Gasteiger partial charge in [-0.05, 0) is 20.3 Å². The first-order valence-electron chi connectivity index (χ1n) is 7.74. The summed E-state index contributed by atoms with van der Waals surface area (Å²) in [4.78, 5) is 42.6. The second-order valence-electron chi connectivity index (χ2n) is 5.00. The van der Waals surface area contributed by atoms with Gasteiger partial charge in [0.25, 0.3) is 5.91 Å². The molecule has 1 amide bonds. The van der Waals surface area contributed by atoms with E-state index in [0.717, 1.165) is 18.2 Å². The van der Waals surface area contributed by atoms with E-state index in [-0.39, 0.29) is 47.5 Å². The number of nitrogens with one attached hydrogen (secondary N) is 1. The maximum Gasteiger partial charge on any atom is 0.343 e. The molecule has 3 N–H and O–H groups in total. The Labute approximate surface area is 150 Å². The number of thioether (sulfide) groups is 1. The van der Waals surface area contributed by atoms with E-state index in [1.165, 1.54) is 6.20 Å². The van der Waals surface area contributed by atoms with Crippen molar-refractivity contribution in [3.63, 3.8) is 0 Å². The second kappa shape index (κ2) is 10.5. The van der Waals surface area contributed by atoms with E-state index in [0.29, 0.717) is 0 Å². The molecule has 138 valence electrons. The van der Waals surface area contributed by atoms with E-state index < -0.39 is 11.9 Å². The Morgan fingerprint density at radius 3 is 2.64 bits per heavy atom. The summed E-state index contributed by atoms with van der Waals surface area (Å²) in [7, 11) is 0. The highest BCUT2D eigenvalue weighted by molar-refractivity contribution is 7.99. The zero-order valence-corrected chi connectivity index (χ0v) is 15.2. The van der Waals surface area contributed by atoms with Crippen molar-refractivity contribution in [3.8, 4) is 0 Å². The highest BCUT2D eigenvalue weighted by Crippen LogP contribution is 2.17. The minimum atomic E-state index is -0.608. The molecule has 0 aromatic carbocycles. The molecule has 0 spiro atoms. The summed E-state index contributed by atoms with van der Waals surface area (Å²) in [6.07, 6.45) is 2.03. The van der Waals surface area contributed by atoms with Crippen LogP contribution in [0.5, 0.6) is 0 Å². The molecule has 0 bridgehead atoms. The SMILES string of the molecule is CCOC(=O)c1cnc(SCC(=O)OCC(=O)NC(C)CC)nc1N. The van der Waals surface area contributed by atoms with Gasteiger partial charge in [0.15, 0.2) is 11.8 Å². The zero-order valence-electron chi connectivity index (χ0n) is 14.4. The number of amides is 1. The van der Waals surface area contributed by atoms with Crippen molar-refractivity contribution < 1.29 is 23.9 Å². The van der Waals surface area contributed by atoms with Crippen LogP contribution in [0.15, 0.2) is 11.4 Å². The lowest BCUT2D eigenvalue weighted by atomic mass is 10.2. The number of hydrogen-bond donors (Lipinski definition) is 2. The Morgan fingerprint density at radius 1 is 1.32 bits per heavy atom. The summed E-state index contributed by atoms with van der Waals surface area (Å²) < 4.78 is 9.68. The molecule has 1 heterocycles. The molecule has 1 unspecified atom stereocenters. The van der Waals surface area contributed by atoms with Crippen LogP contribution in [-0.4, -0.2) is 52.8 Å². The molecule has 0 aliphatic carbocycles. The number of anilines is 1. The van der Waals surface area contributed by atoms with E-state index in [1.54, 1.807) is 6.92 Å². The summed E-state index contributed by atoms with van der Waals surface area (Å²) in [5, 5.41) is 2.90. The molecule has 1 atom stereocenters. The van der Waals surface area contributed by atoms with Crippen molar-refractivity contribution in [3.05, 3.63) is 11.8 Å². The van der Waals surface area contributed by atoms with Crippen molar-refractivity contribution in [1.82, 2.24) is 15.3 Å². The Kier molecular flexibility index (Phi) is 8.68. The van der Waals surface area contributed by atoms with Crippen LogP contribution < -0.4 is 11.1 Å². The normalized spacial score (nSPS) is 11.5. The third-order valence-electron chi connectivity index (χ3n) is 2.99. The van der Waals surface area contributed by atoms with Crippen molar-refractivity contribution in [1.29, 1.82) is 0 Å². The molecule has 0 saturated heterocycles. The molecule has 25 heavy (non-hydrogen) atoms. The third-order valence-corrected chi connectivity index (χ3v) is 3.83. The average Bonchev–Trinajstić information content (AvgIpc) is 2.58. The fourth-order valence-corrected chi connectivity index (χ4v) is 2.16. The predicted octanol–water partition coefficient (Wildman–Crippen LogP) is 0.785. The first-order chi connectivity index (χ1) is 11.9. The molecule has 0 aliphatic heterocycles. The number of ether oxygens (including phenoxy) is 2. The highest BCUT2D eigenvalue weighted by Gasteiger charge is 2.15. The molecule has 0 fully saturated rings. The van der Waals surface area contributed by atoms with Crippen molar-refractivity contribution in [2.24, 2.45) is 0 Å². The van der Waals surface area contributed by atoms with Crippen LogP contribution in [0.25, 0.3) is 0 Å². The van der Waals surface area contributed by atoms with Crippen LogP contribution in [-0.2, 0) is 19.1 Å². The summed E-state index contributed by atoms with van der Waals surface area (Å²) >= 11 is 0.986. The number of rotatable bonds is 9. The van der Waals surface area contributed by atoms with Crippen LogP contribution in [0.1, 0.15) is 37.6 Å². The molecule has 1 aromatic heterocycles. The molecule has 0 radical (unpaired) electrons. The summed E-state index contributed by atoms with van der Waals surface area (Å²) in [6.45, 7) is 5.34.